The lowest BCUT2D eigenvalue weighted by Crippen LogP contribution is -2.19. The van der Waals surface area contributed by atoms with Crippen molar-refractivity contribution in [3.8, 4) is 6.07 Å². The fraction of sp³-hybridized carbons (Fsp3) is 0.0667. The first-order chi connectivity index (χ1) is 10.2. The van der Waals surface area contributed by atoms with Crippen LogP contribution in [0, 0.1) is 18.3 Å². The summed E-state index contributed by atoms with van der Waals surface area (Å²) in [5, 5.41) is 15.4. The molecule has 0 bridgehead atoms. The van der Waals surface area contributed by atoms with Crippen LogP contribution in [0.5, 0.6) is 0 Å². The van der Waals surface area contributed by atoms with E-state index in [1.807, 2.05) is 5.38 Å². The standard InChI is InChI=1S/C15H10N4OS/c1-10-18-14-13(6-7-21-14)15(20)19(10)17-9-12-4-2-11(8-16)3-5-12/h2-7,9H,1H3/b17-9-. The summed E-state index contributed by atoms with van der Waals surface area (Å²) in [5.41, 5.74) is 1.22. The highest BCUT2D eigenvalue weighted by Gasteiger charge is 2.07. The second-order valence-electron chi connectivity index (χ2n) is 4.39. The summed E-state index contributed by atoms with van der Waals surface area (Å²) in [4.78, 5) is 17.4. The summed E-state index contributed by atoms with van der Waals surface area (Å²) in [6.07, 6.45) is 1.58. The molecule has 3 aromatic rings. The molecule has 0 spiro atoms. The van der Waals surface area contributed by atoms with E-state index in [4.69, 9.17) is 5.26 Å². The maximum Gasteiger partial charge on any atom is 0.282 e. The number of fused-ring (bicyclic) bond motifs is 1. The van der Waals surface area contributed by atoms with Crippen LogP contribution in [0.1, 0.15) is 17.0 Å². The number of aryl methyl sites for hydroxylation is 1. The SMILES string of the molecule is Cc1nc2sccc2c(=O)n1/N=C\c1ccc(C#N)cc1. The van der Waals surface area contributed by atoms with E-state index in [0.29, 0.717) is 16.8 Å². The Kier molecular flexibility index (Phi) is 3.34. The molecule has 1 aromatic carbocycles. The van der Waals surface area contributed by atoms with Crippen molar-refractivity contribution in [2.75, 3.05) is 0 Å². The Morgan fingerprint density at radius 3 is 2.81 bits per heavy atom. The molecule has 0 saturated heterocycles. The predicted molar refractivity (Wildman–Crippen MR) is 82.8 cm³/mol. The van der Waals surface area contributed by atoms with E-state index in [2.05, 4.69) is 16.2 Å². The summed E-state index contributed by atoms with van der Waals surface area (Å²) in [6, 6.07) is 10.8. The molecule has 102 valence electrons. The van der Waals surface area contributed by atoms with Gasteiger partial charge >= 0.3 is 0 Å². The van der Waals surface area contributed by atoms with Gasteiger partial charge in [0.2, 0.25) is 0 Å². The van der Waals surface area contributed by atoms with Crippen LogP contribution in [0.25, 0.3) is 10.2 Å². The lowest BCUT2D eigenvalue weighted by atomic mass is 10.2. The van der Waals surface area contributed by atoms with Gasteiger partial charge < -0.3 is 0 Å². The number of hydrogen-bond donors (Lipinski definition) is 0. The van der Waals surface area contributed by atoms with Crippen LogP contribution in [0.3, 0.4) is 0 Å². The maximum atomic E-state index is 12.3. The molecule has 0 saturated carbocycles. The molecule has 0 atom stereocenters. The van der Waals surface area contributed by atoms with Gasteiger partial charge in [-0.1, -0.05) is 12.1 Å². The molecular weight excluding hydrogens is 284 g/mol. The van der Waals surface area contributed by atoms with E-state index in [1.54, 1.807) is 43.5 Å². The Bertz CT molecular complexity index is 929. The van der Waals surface area contributed by atoms with Crippen LogP contribution >= 0.6 is 11.3 Å². The van der Waals surface area contributed by atoms with Gasteiger partial charge in [0.05, 0.1) is 23.2 Å². The minimum Gasteiger partial charge on any atom is -0.267 e. The molecule has 0 aliphatic rings. The van der Waals surface area contributed by atoms with Crippen molar-refractivity contribution in [2.45, 2.75) is 6.92 Å². The highest BCUT2D eigenvalue weighted by Crippen LogP contribution is 2.14. The van der Waals surface area contributed by atoms with Gasteiger partial charge in [0.1, 0.15) is 10.7 Å². The molecule has 2 aromatic heterocycles. The van der Waals surface area contributed by atoms with E-state index < -0.39 is 0 Å². The molecule has 5 nitrogen and oxygen atoms in total. The minimum atomic E-state index is -0.177. The largest absolute Gasteiger partial charge is 0.282 e. The van der Waals surface area contributed by atoms with Gasteiger partial charge in [0.15, 0.2) is 0 Å². The van der Waals surface area contributed by atoms with E-state index in [1.165, 1.54) is 16.0 Å². The zero-order valence-corrected chi connectivity index (χ0v) is 12.0. The number of nitriles is 1. The van der Waals surface area contributed by atoms with Gasteiger partial charge in [-0.05, 0) is 36.1 Å². The van der Waals surface area contributed by atoms with Crippen LogP contribution in [-0.4, -0.2) is 15.9 Å². The van der Waals surface area contributed by atoms with Crippen LogP contribution in [0.2, 0.25) is 0 Å². The fourth-order valence-electron chi connectivity index (χ4n) is 1.91. The molecule has 21 heavy (non-hydrogen) atoms. The number of benzene rings is 1. The summed E-state index contributed by atoms with van der Waals surface area (Å²) >= 11 is 1.44. The highest BCUT2D eigenvalue weighted by molar-refractivity contribution is 7.16. The normalized spacial score (nSPS) is 11.0. The third-order valence-corrected chi connectivity index (χ3v) is 3.81. The van der Waals surface area contributed by atoms with Crippen molar-refractivity contribution in [2.24, 2.45) is 5.10 Å². The minimum absolute atomic E-state index is 0.177. The van der Waals surface area contributed by atoms with E-state index >= 15 is 0 Å². The Morgan fingerprint density at radius 2 is 2.10 bits per heavy atom. The van der Waals surface area contributed by atoms with Gasteiger partial charge in [-0.25, -0.2) is 4.98 Å². The number of nitrogens with zero attached hydrogens (tertiary/aromatic N) is 4. The quantitative estimate of drug-likeness (QED) is 0.682. The molecule has 3 rings (SSSR count). The lowest BCUT2D eigenvalue weighted by Gasteiger charge is -2.02. The van der Waals surface area contributed by atoms with Crippen molar-refractivity contribution in [1.82, 2.24) is 9.66 Å². The van der Waals surface area contributed by atoms with Crippen LogP contribution in [0.4, 0.5) is 0 Å². The van der Waals surface area contributed by atoms with Crippen LogP contribution in [0.15, 0.2) is 45.6 Å². The lowest BCUT2D eigenvalue weighted by molar-refractivity contribution is 0.772. The van der Waals surface area contributed by atoms with E-state index in [9.17, 15) is 4.79 Å². The first-order valence-electron chi connectivity index (χ1n) is 6.20. The molecule has 0 fully saturated rings. The molecule has 0 N–H and O–H groups in total. The molecular formula is C15H10N4OS. The molecule has 6 heteroatoms. The molecule has 2 heterocycles. The van der Waals surface area contributed by atoms with Crippen molar-refractivity contribution < 1.29 is 0 Å². The first kappa shape index (κ1) is 13.2. The maximum absolute atomic E-state index is 12.3. The summed E-state index contributed by atoms with van der Waals surface area (Å²) in [5.74, 6) is 0.542. The van der Waals surface area contributed by atoms with Crippen molar-refractivity contribution >= 4 is 27.8 Å². The molecule has 0 amide bonds. The molecule has 0 aliphatic heterocycles. The number of rotatable bonds is 2. The molecule has 0 aliphatic carbocycles. The van der Waals surface area contributed by atoms with Crippen LogP contribution in [-0.2, 0) is 0 Å². The van der Waals surface area contributed by atoms with E-state index in [0.717, 1.165) is 10.4 Å². The summed E-state index contributed by atoms with van der Waals surface area (Å²) in [6.45, 7) is 1.75. The monoisotopic (exact) mass is 294 g/mol. The topological polar surface area (TPSA) is 71.0 Å². The van der Waals surface area contributed by atoms with Crippen molar-refractivity contribution in [3.63, 3.8) is 0 Å². The smallest absolute Gasteiger partial charge is 0.267 e. The third kappa shape index (κ3) is 2.47. The Labute approximate surface area is 124 Å². The summed E-state index contributed by atoms with van der Waals surface area (Å²) < 4.78 is 1.28. The number of hydrogen-bond acceptors (Lipinski definition) is 5. The Balaban J connectivity index is 2.02. The van der Waals surface area contributed by atoms with Gasteiger partial charge in [-0.15, -0.1) is 11.3 Å². The number of thiophene rings is 1. The van der Waals surface area contributed by atoms with Gasteiger partial charge in [-0.2, -0.15) is 15.0 Å². The zero-order valence-electron chi connectivity index (χ0n) is 11.1. The predicted octanol–water partition coefficient (Wildman–Crippen LogP) is 2.52. The average Bonchev–Trinajstić information content (AvgIpc) is 2.96. The van der Waals surface area contributed by atoms with Gasteiger partial charge in [0.25, 0.3) is 5.56 Å². The van der Waals surface area contributed by atoms with Crippen LogP contribution < -0.4 is 5.56 Å². The highest BCUT2D eigenvalue weighted by atomic mass is 32.1. The molecule has 0 radical (unpaired) electrons. The zero-order chi connectivity index (χ0) is 14.8. The second kappa shape index (κ2) is 5.31. The fourth-order valence-corrected chi connectivity index (χ4v) is 2.71. The average molecular weight is 294 g/mol. The Hall–Kier alpha value is -2.78. The number of aromatic nitrogens is 2. The van der Waals surface area contributed by atoms with Crippen molar-refractivity contribution in [3.05, 3.63) is 63.0 Å². The summed E-state index contributed by atoms with van der Waals surface area (Å²) in [7, 11) is 0. The van der Waals surface area contributed by atoms with E-state index in [-0.39, 0.29) is 5.56 Å². The Morgan fingerprint density at radius 1 is 1.33 bits per heavy atom. The first-order valence-corrected chi connectivity index (χ1v) is 7.08. The third-order valence-electron chi connectivity index (χ3n) is 3.00. The van der Waals surface area contributed by atoms with Gasteiger partial charge in [0, 0.05) is 0 Å². The second-order valence-corrected chi connectivity index (χ2v) is 5.29. The molecule has 0 unspecified atom stereocenters. The van der Waals surface area contributed by atoms with Crippen molar-refractivity contribution in [1.29, 1.82) is 5.26 Å². The van der Waals surface area contributed by atoms with Gasteiger partial charge in [-0.3, -0.25) is 4.79 Å².